The van der Waals surface area contributed by atoms with Gasteiger partial charge in [-0.25, -0.2) is 4.98 Å². The molecule has 11 N–H and O–H groups in total. The number of fused-ring (bicyclic) bond motifs is 1. The minimum absolute atomic E-state index is 0.0507. The van der Waals surface area contributed by atoms with Crippen LogP contribution in [-0.4, -0.2) is 66.2 Å². The van der Waals surface area contributed by atoms with Crippen molar-refractivity contribution in [1.29, 1.82) is 0 Å². The van der Waals surface area contributed by atoms with Crippen LogP contribution >= 0.6 is 0 Å². The van der Waals surface area contributed by atoms with E-state index in [1.165, 1.54) is 28.3 Å². The number of nitrogens with one attached hydrogen (secondary N) is 2. The third kappa shape index (κ3) is 16.2. The Kier molecular flexibility index (Phi) is 18.9. The quantitative estimate of drug-likeness (QED) is 0.0703. The number of para-hydroxylation sites is 6. The molecule has 3 atom stereocenters. The van der Waals surface area contributed by atoms with E-state index in [0.29, 0.717) is 28.6 Å². The number of aromatic amines is 1. The van der Waals surface area contributed by atoms with Crippen LogP contribution in [0.5, 0.6) is 0 Å². The number of nitrogen functional groups attached to an aromatic ring is 3. The van der Waals surface area contributed by atoms with Crippen molar-refractivity contribution in [3.63, 3.8) is 0 Å². The molecule has 16 nitrogen and oxygen atoms in total. The van der Waals surface area contributed by atoms with Crippen molar-refractivity contribution < 1.29 is 43.3 Å². The number of ether oxygens (including phenoxy) is 3. The number of rotatable bonds is 10. The number of methoxy groups -OCH3 is 3. The molecule has 1 unspecified atom stereocenters. The van der Waals surface area contributed by atoms with E-state index in [1.807, 2.05) is 36.4 Å². The second-order valence-corrected chi connectivity index (χ2v) is 10.9. The number of carbonyl (C=O) groups excluding carboxylic acids is 4. The number of benzene rings is 3. The van der Waals surface area contributed by atoms with Crippen LogP contribution in [0.25, 0.3) is 11.0 Å². The van der Waals surface area contributed by atoms with E-state index in [4.69, 9.17) is 28.0 Å². The molecule has 0 saturated heterocycles. The van der Waals surface area contributed by atoms with Gasteiger partial charge in [-0.05, 0) is 36.4 Å². The highest BCUT2D eigenvalue weighted by Crippen LogP contribution is 2.19. The lowest BCUT2D eigenvalue weighted by Crippen LogP contribution is -2.23. The summed E-state index contributed by atoms with van der Waals surface area (Å²) >= 11 is 0. The fraction of sp³-hybridized carbons (Fsp3) is 0.314. The molecule has 0 spiro atoms. The van der Waals surface area contributed by atoms with Crippen molar-refractivity contribution in [3.8, 4) is 0 Å². The highest BCUT2D eigenvalue weighted by Gasteiger charge is 2.18. The average Bonchev–Trinajstić information content (AvgIpc) is 3.56. The Bertz CT molecular complexity index is 1670. The molecule has 0 radical (unpaired) electrons. The Morgan fingerprint density at radius 3 is 1.63 bits per heavy atom. The van der Waals surface area contributed by atoms with Gasteiger partial charge < -0.3 is 52.6 Å². The lowest BCUT2D eigenvalue weighted by molar-refractivity contribution is -0.149. The van der Waals surface area contributed by atoms with Crippen LogP contribution in [0.15, 0.2) is 72.8 Å². The zero-order valence-corrected chi connectivity index (χ0v) is 29.3. The number of carboxylic acids is 1. The fourth-order valence-electron chi connectivity index (χ4n) is 3.73. The maximum absolute atomic E-state index is 11.7. The van der Waals surface area contributed by atoms with Crippen LogP contribution in [0.2, 0.25) is 0 Å². The first-order valence-corrected chi connectivity index (χ1v) is 15.5. The van der Waals surface area contributed by atoms with E-state index in [-0.39, 0.29) is 31.1 Å². The van der Waals surface area contributed by atoms with Crippen LogP contribution in [0, 0.1) is 11.8 Å². The molecule has 0 aliphatic carbocycles. The monoisotopic (exact) mass is 709 g/mol. The topological polar surface area (TPSA) is 278 Å². The summed E-state index contributed by atoms with van der Waals surface area (Å²) in [5.74, 6) is -2.99. The first-order valence-electron chi connectivity index (χ1n) is 15.5. The van der Waals surface area contributed by atoms with E-state index in [2.05, 4.69) is 29.5 Å². The predicted octanol–water partition coefficient (Wildman–Crippen LogP) is 3.65. The van der Waals surface area contributed by atoms with Gasteiger partial charge in [0.1, 0.15) is 5.82 Å². The molecular formula is C35H47N7O9. The first-order chi connectivity index (χ1) is 24.1. The van der Waals surface area contributed by atoms with Crippen molar-refractivity contribution in [2.24, 2.45) is 17.6 Å². The van der Waals surface area contributed by atoms with Crippen molar-refractivity contribution in [2.75, 3.05) is 43.8 Å². The summed E-state index contributed by atoms with van der Waals surface area (Å²) in [6.07, 6.45) is 0.108. The molecule has 4 aromatic rings. The van der Waals surface area contributed by atoms with Gasteiger partial charge in [0.25, 0.3) is 0 Å². The van der Waals surface area contributed by atoms with Gasteiger partial charge in [-0.15, -0.1) is 0 Å². The van der Waals surface area contributed by atoms with Crippen molar-refractivity contribution >= 4 is 63.6 Å². The Morgan fingerprint density at radius 1 is 0.706 bits per heavy atom. The van der Waals surface area contributed by atoms with Gasteiger partial charge in [0, 0.05) is 5.92 Å². The number of aromatic nitrogens is 2. The number of nitrogens with two attached hydrogens (primary N) is 4. The summed E-state index contributed by atoms with van der Waals surface area (Å²) in [5, 5.41) is 11.0. The molecule has 276 valence electrons. The zero-order valence-electron chi connectivity index (χ0n) is 29.3. The molecular weight excluding hydrogens is 662 g/mol. The summed E-state index contributed by atoms with van der Waals surface area (Å²) in [6.45, 7) is 3.12. The largest absolute Gasteiger partial charge is 0.481 e. The Morgan fingerprint density at radius 2 is 1.16 bits per heavy atom. The van der Waals surface area contributed by atoms with E-state index < -0.39 is 35.8 Å². The van der Waals surface area contributed by atoms with Crippen LogP contribution in [0.4, 0.5) is 22.7 Å². The highest BCUT2D eigenvalue weighted by atomic mass is 16.5. The maximum Gasteiger partial charge on any atom is 0.307 e. The number of esters is 3. The summed E-state index contributed by atoms with van der Waals surface area (Å²) < 4.78 is 13.3. The summed E-state index contributed by atoms with van der Waals surface area (Å²) in [7, 11) is 3.87. The maximum atomic E-state index is 11.7. The SMILES string of the molecule is COC(=O)CC(C)C(=O)O.COC(=O)C[C@H](C)C(=O)Nc1ccccc1N.COC(=O)C[C@H](N)c1nc2ccccc2[nH]1.Nc1ccccc1N. The smallest absolute Gasteiger partial charge is 0.307 e. The minimum atomic E-state index is -0.981. The molecule has 16 heteroatoms. The van der Waals surface area contributed by atoms with Crippen molar-refractivity contribution in [2.45, 2.75) is 39.2 Å². The molecule has 0 aliphatic rings. The Balaban J connectivity index is 0.000000355. The number of imidazole rings is 1. The summed E-state index contributed by atoms with van der Waals surface area (Å²) in [6, 6.07) is 21.4. The number of anilines is 4. The molecule has 1 amide bonds. The first kappa shape index (κ1) is 42.9. The van der Waals surface area contributed by atoms with Crippen LogP contribution in [0.3, 0.4) is 0 Å². The van der Waals surface area contributed by atoms with E-state index in [9.17, 15) is 24.0 Å². The van der Waals surface area contributed by atoms with Gasteiger partial charge in [0.15, 0.2) is 0 Å². The number of carboxylic acid groups (broad SMARTS) is 1. The Hall–Kier alpha value is -6.16. The van der Waals surface area contributed by atoms with Gasteiger partial charge in [0.2, 0.25) is 5.91 Å². The molecule has 51 heavy (non-hydrogen) atoms. The molecule has 1 aromatic heterocycles. The molecule has 0 bridgehead atoms. The number of H-pyrrole nitrogens is 1. The number of carbonyl (C=O) groups is 5. The average molecular weight is 710 g/mol. The number of aliphatic carboxylic acids is 1. The van der Waals surface area contributed by atoms with Crippen LogP contribution in [0.1, 0.15) is 45.0 Å². The predicted molar refractivity (Wildman–Crippen MR) is 194 cm³/mol. The molecule has 0 saturated carbocycles. The molecule has 0 fully saturated rings. The summed E-state index contributed by atoms with van der Waals surface area (Å²) in [5.41, 5.74) is 26.4. The second-order valence-electron chi connectivity index (χ2n) is 10.9. The third-order valence-electron chi connectivity index (χ3n) is 6.86. The van der Waals surface area contributed by atoms with Crippen LogP contribution in [-0.2, 0) is 38.2 Å². The van der Waals surface area contributed by atoms with Crippen molar-refractivity contribution in [1.82, 2.24) is 9.97 Å². The highest BCUT2D eigenvalue weighted by molar-refractivity contribution is 5.96. The second kappa shape index (κ2) is 22.5. The van der Waals surface area contributed by atoms with Gasteiger partial charge >= 0.3 is 23.9 Å². The molecule has 4 rings (SSSR count). The zero-order chi connectivity index (χ0) is 38.5. The number of amides is 1. The number of hydrogen-bond donors (Lipinski definition) is 7. The van der Waals surface area contributed by atoms with E-state index in [0.717, 1.165) is 11.0 Å². The minimum Gasteiger partial charge on any atom is -0.481 e. The van der Waals surface area contributed by atoms with Crippen LogP contribution < -0.4 is 28.3 Å². The summed E-state index contributed by atoms with van der Waals surface area (Å²) in [4.78, 5) is 61.8. The normalized spacial score (nSPS) is 11.6. The third-order valence-corrected chi connectivity index (χ3v) is 6.86. The van der Waals surface area contributed by atoms with Gasteiger partial charge in [-0.3, -0.25) is 24.0 Å². The van der Waals surface area contributed by atoms with E-state index >= 15 is 0 Å². The molecule has 1 heterocycles. The number of nitrogens with zero attached hydrogens (tertiary/aromatic N) is 1. The molecule has 0 aliphatic heterocycles. The van der Waals surface area contributed by atoms with E-state index in [1.54, 1.807) is 43.3 Å². The van der Waals surface area contributed by atoms with Crippen molar-refractivity contribution in [3.05, 3.63) is 78.6 Å². The lowest BCUT2D eigenvalue weighted by Gasteiger charge is -2.12. The fourth-order valence-corrected chi connectivity index (χ4v) is 3.73. The lowest BCUT2D eigenvalue weighted by atomic mass is 10.1. The standard InChI is InChI=1S/C12H16N2O3.C11H13N3O2.C6H8N2.C6H10O4/c1-8(7-11(15)17-2)12(16)14-10-6-4-3-5-9(10)13;1-16-10(15)6-7(12)11-13-8-4-2-3-5-9(8)14-11;7-5-3-1-2-4-6(5)8;1-4(6(8)9)3-5(7)10-2/h3-6,8H,7,13H2,1-2H3,(H,14,16);2-5,7H,6,12H2,1H3,(H,13,14);1-4H,7-8H2;4H,3H2,1-2H3,(H,8,9)/t8-;7-;;/m00../s1. The Labute approximate surface area is 295 Å². The van der Waals surface area contributed by atoms with Gasteiger partial charge in [-0.1, -0.05) is 50.2 Å². The van der Waals surface area contributed by atoms with Gasteiger partial charge in [-0.2, -0.15) is 0 Å². The van der Waals surface area contributed by atoms with Gasteiger partial charge in [0.05, 0.1) is 86.3 Å². The molecule has 3 aromatic carbocycles. The number of hydrogen-bond acceptors (Lipinski definition) is 13.